The quantitative estimate of drug-likeness (QED) is 0.160. The third kappa shape index (κ3) is 5.62. The van der Waals surface area contributed by atoms with Crippen molar-refractivity contribution < 1.29 is 52.7 Å². The average molecular weight is 666 g/mol. The second-order valence-corrected chi connectivity index (χ2v) is 9.20. The highest BCUT2D eigenvalue weighted by atomic mass is 19.4. The van der Waals surface area contributed by atoms with E-state index in [0.717, 1.165) is 13.0 Å². The molecule has 0 radical (unpaired) electrons. The van der Waals surface area contributed by atoms with Crippen LogP contribution in [0.25, 0.3) is 16.7 Å². The molecule has 3 aromatic rings. The lowest BCUT2D eigenvalue weighted by Gasteiger charge is -2.11. The Bertz CT molecular complexity index is 2150. The van der Waals surface area contributed by atoms with Gasteiger partial charge in [-0.2, -0.15) is 56.2 Å². The van der Waals surface area contributed by atoms with Crippen molar-refractivity contribution in [2.45, 2.75) is 19.3 Å². The first-order valence-corrected chi connectivity index (χ1v) is 12.0. The number of rotatable bonds is 3. The molecule has 1 aromatic carbocycles. The van der Waals surface area contributed by atoms with Gasteiger partial charge in [-0.3, -0.25) is 0 Å². The van der Waals surface area contributed by atoms with Crippen LogP contribution in [0.2, 0.25) is 0 Å². The van der Waals surface area contributed by atoms with E-state index in [-0.39, 0.29) is 6.07 Å². The first-order chi connectivity index (χ1) is 21.8. The lowest BCUT2D eigenvalue weighted by atomic mass is 9.97. The molecule has 4 rings (SSSR count). The number of aromatic nitrogens is 2. The predicted octanol–water partition coefficient (Wildman–Crippen LogP) is 7.77. The molecule has 0 saturated heterocycles. The molecule has 18 heteroatoms. The molecule has 2 aromatic heterocycles. The van der Waals surface area contributed by atoms with Gasteiger partial charge in [0, 0.05) is 22.3 Å². The molecule has 47 heavy (non-hydrogen) atoms. The summed E-state index contributed by atoms with van der Waals surface area (Å²) in [6.07, 6.45) is -10.8. The van der Waals surface area contributed by atoms with Crippen molar-refractivity contribution in [2.24, 2.45) is 0 Å². The topological polar surface area (TPSA) is 121 Å². The van der Waals surface area contributed by atoms with E-state index in [9.17, 15) is 65.0 Å². The highest BCUT2D eigenvalue weighted by Gasteiger charge is 2.46. The zero-order chi connectivity index (χ0) is 35.3. The highest BCUT2D eigenvalue weighted by molar-refractivity contribution is 6.12. The van der Waals surface area contributed by atoms with Crippen molar-refractivity contribution in [1.82, 2.24) is 9.97 Å². The minimum Gasteiger partial charge on any atom is -0.219 e. The summed E-state index contributed by atoms with van der Waals surface area (Å²) in [5, 5.41) is 39.3. The van der Waals surface area contributed by atoms with Crippen molar-refractivity contribution >= 4 is 16.7 Å². The monoisotopic (exact) mass is 666 g/mol. The molecule has 1 aliphatic rings. The Labute approximate surface area is 253 Å². The average Bonchev–Trinajstić information content (AvgIpc) is 3.71. The molecule has 1 aliphatic carbocycles. The lowest BCUT2D eigenvalue weighted by Crippen LogP contribution is -2.16. The Morgan fingerprint density at radius 3 is 1.53 bits per heavy atom. The fraction of sp³-hybridized carbons (Fsp3) is 0.103. The van der Waals surface area contributed by atoms with Crippen molar-refractivity contribution in [3.8, 4) is 24.3 Å². The van der Waals surface area contributed by atoms with Crippen molar-refractivity contribution in [3.63, 3.8) is 0 Å². The van der Waals surface area contributed by atoms with Crippen LogP contribution in [-0.2, 0) is 12.4 Å². The lowest BCUT2D eigenvalue weighted by molar-refractivity contribution is -0.144. The molecule has 1 fully saturated rings. The summed E-state index contributed by atoms with van der Waals surface area (Å²) in [6, 6.07) is 6.15. The minimum atomic E-state index is -5.80. The molecule has 0 aliphatic heterocycles. The molecule has 0 spiro atoms. The maximum Gasteiger partial charge on any atom is 0.436 e. The van der Waals surface area contributed by atoms with Crippen LogP contribution >= 0.6 is 0 Å². The van der Waals surface area contributed by atoms with Crippen LogP contribution in [0, 0.1) is 87.4 Å². The normalized spacial score (nSPS) is 16.0. The molecule has 0 amide bonds. The summed E-state index contributed by atoms with van der Waals surface area (Å²) < 4.78 is 169. The third-order valence-electron chi connectivity index (χ3n) is 6.52. The Morgan fingerprint density at radius 1 is 0.617 bits per heavy atom. The molecule has 2 heterocycles. The van der Waals surface area contributed by atoms with Gasteiger partial charge >= 0.3 is 12.4 Å². The van der Waals surface area contributed by atoms with E-state index in [1.807, 2.05) is 0 Å². The SMILES string of the molecule is Cc1nc(F)c(F)c(/C(C#N)=C2\C(=C(C#N)c3ccc(C(F)(F)F)cc3C#N)\C2=C(/C#N)c2c(F)c(F)nc(C(F)(F)F)c2F)c1F. The van der Waals surface area contributed by atoms with Gasteiger partial charge in [-0.25, -0.2) is 27.5 Å². The first kappa shape index (κ1) is 33.7. The van der Waals surface area contributed by atoms with Crippen molar-refractivity contribution in [2.75, 3.05) is 0 Å². The van der Waals surface area contributed by atoms with E-state index >= 15 is 8.78 Å². The number of nitriles is 4. The van der Waals surface area contributed by atoms with Gasteiger partial charge in [0.2, 0.25) is 11.9 Å². The number of hydrogen-bond acceptors (Lipinski definition) is 6. The Balaban J connectivity index is 2.29. The Hall–Kier alpha value is -6.14. The zero-order valence-electron chi connectivity index (χ0n) is 22.5. The summed E-state index contributed by atoms with van der Waals surface area (Å²) in [5.74, 6) is -13.6. The van der Waals surface area contributed by atoms with E-state index in [4.69, 9.17) is 0 Å². The van der Waals surface area contributed by atoms with Gasteiger partial charge < -0.3 is 0 Å². The molecule has 236 valence electrons. The molecule has 0 unspecified atom stereocenters. The van der Waals surface area contributed by atoms with Gasteiger partial charge in [0.15, 0.2) is 29.0 Å². The molecular formula is C29H6F12N6. The number of allylic oxidation sites excluding steroid dienone is 6. The maximum absolute atomic E-state index is 15.1. The van der Waals surface area contributed by atoms with Crippen LogP contribution < -0.4 is 0 Å². The fourth-order valence-electron chi connectivity index (χ4n) is 4.46. The Kier molecular flexibility index (Phi) is 8.37. The number of halogens is 12. The van der Waals surface area contributed by atoms with Gasteiger partial charge in [0.05, 0.1) is 50.7 Å². The molecule has 6 nitrogen and oxygen atoms in total. The molecule has 0 N–H and O–H groups in total. The van der Waals surface area contributed by atoms with Gasteiger partial charge in [-0.15, -0.1) is 0 Å². The number of hydrogen-bond donors (Lipinski definition) is 0. The van der Waals surface area contributed by atoms with Gasteiger partial charge in [-0.1, -0.05) is 6.07 Å². The summed E-state index contributed by atoms with van der Waals surface area (Å²) >= 11 is 0. The largest absolute Gasteiger partial charge is 0.436 e. The third-order valence-corrected chi connectivity index (χ3v) is 6.52. The van der Waals surface area contributed by atoms with E-state index in [2.05, 4.69) is 9.97 Å². The van der Waals surface area contributed by atoms with E-state index in [0.29, 0.717) is 12.1 Å². The van der Waals surface area contributed by atoms with Crippen molar-refractivity contribution in [3.05, 3.63) is 109 Å². The van der Waals surface area contributed by atoms with Gasteiger partial charge in [0.25, 0.3) is 0 Å². The van der Waals surface area contributed by atoms with Gasteiger partial charge in [-0.05, 0) is 19.1 Å². The zero-order valence-corrected chi connectivity index (χ0v) is 22.5. The van der Waals surface area contributed by atoms with Crippen LogP contribution in [0.4, 0.5) is 52.7 Å². The van der Waals surface area contributed by atoms with Gasteiger partial charge in [0.1, 0.15) is 18.2 Å². The minimum absolute atomic E-state index is 0.243. The smallest absolute Gasteiger partial charge is 0.219 e. The van der Waals surface area contributed by atoms with Crippen molar-refractivity contribution in [1.29, 1.82) is 21.0 Å². The molecular weight excluding hydrogens is 660 g/mol. The molecule has 0 atom stereocenters. The van der Waals surface area contributed by atoms with E-state index in [1.54, 1.807) is 0 Å². The standard InChI is InChI=1S/C29H6F12N6/c1-9-21(30)19(23(32)26(34)46-9)14(7-44)17-16(13(6-43)12-3-2-11(28(36,37)38)4-10(12)5-42)18(17)15(8-45)20-22(31)25(29(39,40)41)47-27(35)24(20)33/h2-4H,1H3/b16-13?,17-14+,18-15-. The summed E-state index contributed by atoms with van der Waals surface area (Å²) in [5.41, 5.74) is -17.3. The van der Waals surface area contributed by atoms with Crippen LogP contribution in [0.3, 0.4) is 0 Å². The summed E-state index contributed by atoms with van der Waals surface area (Å²) in [6.45, 7) is 0.799. The van der Waals surface area contributed by atoms with Crippen LogP contribution in [-0.4, -0.2) is 9.97 Å². The summed E-state index contributed by atoms with van der Waals surface area (Å²) in [4.78, 5) is 5.07. The first-order valence-electron chi connectivity index (χ1n) is 12.0. The molecule has 1 saturated carbocycles. The Morgan fingerprint density at radius 2 is 1.09 bits per heavy atom. The molecule has 0 bridgehead atoms. The highest BCUT2D eigenvalue weighted by Crippen LogP contribution is 2.57. The maximum atomic E-state index is 15.1. The fourth-order valence-corrected chi connectivity index (χ4v) is 4.46. The van der Waals surface area contributed by atoms with E-state index < -0.39 is 120 Å². The number of alkyl halides is 6. The van der Waals surface area contributed by atoms with Crippen LogP contribution in [0.15, 0.2) is 34.9 Å². The van der Waals surface area contributed by atoms with Crippen LogP contribution in [0.1, 0.15) is 39.2 Å². The van der Waals surface area contributed by atoms with E-state index in [1.165, 1.54) is 18.2 Å². The predicted molar refractivity (Wildman–Crippen MR) is 132 cm³/mol. The second-order valence-electron chi connectivity index (χ2n) is 9.20. The number of nitrogens with zero attached hydrogens (tertiary/aromatic N) is 6. The second kappa shape index (κ2) is 11.7. The number of pyridine rings is 2. The number of aryl methyl sites for hydroxylation is 1. The van der Waals surface area contributed by atoms with Crippen LogP contribution in [0.5, 0.6) is 0 Å². The number of benzene rings is 1. The summed E-state index contributed by atoms with van der Waals surface area (Å²) in [7, 11) is 0.